The number of anilines is 1. The van der Waals surface area contributed by atoms with Crippen LogP contribution in [0.25, 0.3) is 0 Å². The highest BCUT2D eigenvalue weighted by atomic mass is 35.5. The van der Waals surface area contributed by atoms with Gasteiger partial charge in [-0.1, -0.05) is 23.7 Å². The summed E-state index contributed by atoms with van der Waals surface area (Å²) in [5, 5.41) is 4.67. The van der Waals surface area contributed by atoms with Gasteiger partial charge in [0, 0.05) is 5.02 Å². The number of halogens is 2. The van der Waals surface area contributed by atoms with E-state index >= 15 is 0 Å². The van der Waals surface area contributed by atoms with E-state index in [0.29, 0.717) is 10.6 Å². The van der Waals surface area contributed by atoms with Gasteiger partial charge in [-0.2, -0.15) is 5.10 Å². The monoisotopic (exact) mass is 248 g/mol. The van der Waals surface area contributed by atoms with E-state index < -0.39 is 0 Å². The molecule has 0 bridgehead atoms. The van der Waals surface area contributed by atoms with Gasteiger partial charge in [-0.05, 0) is 42.0 Å². The Hall–Kier alpha value is -1.87. The van der Waals surface area contributed by atoms with Crippen molar-refractivity contribution in [3.63, 3.8) is 0 Å². The Kier molecular flexibility index (Phi) is 3.73. The zero-order valence-corrected chi connectivity index (χ0v) is 9.66. The van der Waals surface area contributed by atoms with Crippen LogP contribution in [0, 0.1) is 5.82 Å². The molecule has 0 spiro atoms. The van der Waals surface area contributed by atoms with Crippen LogP contribution in [0.2, 0.25) is 5.02 Å². The molecule has 0 fully saturated rings. The number of hydrogen-bond acceptors (Lipinski definition) is 2. The lowest BCUT2D eigenvalue weighted by molar-refractivity contribution is 0.627. The topological polar surface area (TPSA) is 24.4 Å². The fourth-order valence-corrected chi connectivity index (χ4v) is 1.42. The molecule has 0 saturated heterocycles. The van der Waals surface area contributed by atoms with Crippen molar-refractivity contribution in [2.24, 2.45) is 5.10 Å². The second-order valence-corrected chi connectivity index (χ2v) is 3.87. The van der Waals surface area contributed by atoms with E-state index in [2.05, 4.69) is 10.5 Å². The van der Waals surface area contributed by atoms with Crippen LogP contribution in [0.5, 0.6) is 0 Å². The van der Waals surface area contributed by atoms with Crippen LogP contribution < -0.4 is 5.43 Å². The Balaban J connectivity index is 2.00. The van der Waals surface area contributed by atoms with Crippen LogP contribution in [0.3, 0.4) is 0 Å². The summed E-state index contributed by atoms with van der Waals surface area (Å²) in [7, 11) is 0. The number of hydrogen-bond donors (Lipinski definition) is 1. The van der Waals surface area contributed by atoms with Crippen molar-refractivity contribution in [2.45, 2.75) is 0 Å². The van der Waals surface area contributed by atoms with Gasteiger partial charge in [0.05, 0.1) is 11.9 Å². The normalized spacial score (nSPS) is 10.7. The van der Waals surface area contributed by atoms with Gasteiger partial charge >= 0.3 is 0 Å². The Bertz CT molecular complexity index is 523. The molecule has 0 aliphatic heterocycles. The Morgan fingerprint density at radius 2 is 1.88 bits per heavy atom. The maximum absolute atomic E-state index is 12.9. The quantitative estimate of drug-likeness (QED) is 0.646. The highest BCUT2D eigenvalue weighted by Crippen LogP contribution is 2.13. The zero-order chi connectivity index (χ0) is 12.1. The van der Waals surface area contributed by atoms with Crippen molar-refractivity contribution in [1.82, 2.24) is 0 Å². The van der Waals surface area contributed by atoms with Gasteiger partial charge < -0.3 is 0 Å². The molecule has 17 heavy (non-hydrogen) atoms. The van der Waals surface area contributed by atoms with Crippen LogP contribution in [0.15, 0.2) is 53.6 Å². The summed E-state index contributed by atoms with van der Waals surface area (Å²) in [5.41, 5.74) is 4.35. The first kappa shape index (κ1) is 11.6. The third-order valence-electron chi connectivity index (χ3n) is 2.10. The number of hydrazone groups is 1. The minimum Gasteiger partial charge on any atom is -0.279 e. The molecule has 2 aromatic carbocycles. The first-order valence-corrected chi connectivity index (χ1v) is 5.42. The van der Waals surface area contributed by atoms with Gasteiger partial charge in [0.15, 0.2) is 0 Å². The lowest BCUT2D eigenvalue weighted by atomic mass is 10.2. The third-order valence-corrected chi connectivity index (χ3v) is 2.35. The Morgan fingerprint density at radius 1 is 1.12 bits per heavy atom. The maximum Gasteiger partial charge on any atom is 0.123 e. The summed E-state index contributed by atoms with van der Waals surface area (Å²) < 4.78 is 12.9. The van der Waals surface area contributed by atoms with Gasteiger partial charge in [0.2, 0.25) is 0 Å². The van der Waals surface area contributed by atoms with Crippen LogP contribution in [0.4, 0.5) is 10.1 Å². The first-order chi connectivity index (χ1) is 8.24. The lowest BCUT2D eigenvalue weighted by Gasteiger charge is -1.99. The van der Waals surface area contributed by atoms with E-state index in [1.807, 2.05) is 12.1 Å². The standard InChI is InChI=1S/C13H10ClFN2/c14-11-4-6-13(7-5-11)17-16-9-10-2-1-3-12(15)8-10/h1-9,17H/b16-9-. The summed E-state index contributed by atoms with van der Waals surface area (Å²) in [5.74, 6) is -0.277. The molecular weight excluding hydrogens is 239 g/mol. The minimum atomic E-state index is -0.277. The predicted molar refractivity (Wildman–Crippen MR) is 69.1 cm³/mol. The molecule has 0 saturated carbocycles. The first-order valence-electron chi connectivity index (χ1n) is 5.04. The fourth-order valence-electron chi connectivity index (χ4n) is 1.29. The summed E-state index contributed by atoms with van der Waals surface area (Å²) >= 11 is 5.75. The predicted octanol–water partition coefficient (Wildman–Crippen LogP) is 3.93. The van der Waals surface area contributed by atoms with Gasteiger partial charge in [0.1, 0.15) is 5.82 Å². The van der Waals surface area contributed by atoms with Crippen molar-refractivity contribution in [3.8, 4) is 0 Å². The summed E-state index contributed by atoms with van der Waals surface area (Å²) in [6, 6.07) is 13.4. The van der Waals surface area contributed by atoms with Crippen molar-refractivity contribution >= 4 is 23.5 Å². The van der Waals surface area contributed by atoms with Gasteiger partial charge in [-0.15, -0.1) is 0 Å². The molecule has 0 aliphatic carbocycles. The number of nitrogens with one attached hydrogen (secondary N) is 1. The highest BCUT2D eigenvalue weighted by molar-refractivity contribution is 6.30. The van der Waals surface area contributed by atoms with Gasteiger partial charge in [-0.25, -0.2) is 4.39 Å². The van der Waals surface area contributed by atoms with Crippen molar-refractivity contribution in [1.29, 1.82) is 0 Å². The number of rotatable bonds is 3. The molecule has 2 nitrogen and oxygen atoms in total. The molecule has 0 amide bonds. The van der Waals surface area contributed by atoms with E-state index in [4.69, 9.17) is 11.6 Å². The van der Waals surface area contributed by atoms with E-state index in [1.54, 1.807) is 30.5 Å². The van der Waals surface area contributed by atoms with Crippen LogP contribution >= 0.6 is 11.6 Å². The van der Waals surface area contributed by atoms with Gasteiger partial charge in [0.25, 0.3) is 0 Å². The molecule has 0 aliphatic rings. The van der Waals surface area contributed by atoms with Crippen LogP contribution in [0.1, 0.15) is 5.56 Å². The third kappa shape index (κ3) is 3.57. The van der Waals surface area contributed by atoms with Crippen LogP contribution in [-0.2, 0) is 0 Å². The summed E-state index contributed by atoms with van der Waals surface area (Å²) in [6.45, 7) is 0. The highest BCUT2D eigenvalue weighted by Gasteiger charge is 1.91. The van der Waals surface area contributed by atoms with Crippen LogP contribution in [-0.4, -0.2) is 6.21 Å². The Labute approximate surface area is 104 Å². The number of nitrogens with zero attached hydrogens (tertiary/aromatic N) is 1. The van der Waals surface area contributed by atoms with Crippen molar-refractivity contribution < 1.29 is 4.39 Å². The van der Waals surface area contributed by atoms with E-state index in [1.165, 1.54) is 12.1 Å². The van der Waals surface area contributed by atoms with E-state index in [0.717, 1.165) is 5.69 Å². The lowest BCUT2D eigenvalue weighted by Crippen LogP contribution is -1.90. The van der Waals surface area contributed by atoms with Crippen molar-refractivity contribution in [3.05, 3.63) is 64.9 Å². The summed E-state index contributed by atoms with van der Waals surface area (Å²) in [6.07, 6.45) is 1.55. The van der Waals surface area contributed by atoms with Crippen molar-refractivity contribution in [2.75, 3.05) is 5.43 Å². The second kappa shape index (κ2) is 5.46. The molecular formula is C13H10ClFN2. The molecule has 86 valence electrons. The van der Waals surface area contributed by atoms with E-state index in [-0.39, 0.29) is 5.82 Å². The molecule has 0 aromatic heterocycles. The molecule has 0 radical (unpaired) electrons. The average Bonchev–Trinajstić information content (AvgIpc) is 2.32. The average molecular weight is 249 g/mol. The minimum absolute atomic E-state index is 0.277. The molecule has 1 N–H and O–H groups in total. The zero-order valence-electron chi connectivity index (χ0n) is 8.90. The molecule has 2 rings (SSSR count). The fraction of sp³-hybridized carbons (Fsp3) is 0. The molecule has 0 unspecified atom stereocenters. The molecule has 4 heteroatoms. The molecule has 0 atom stereocenters. The number of benzene rings is 2. The van der Waals surface area contributed by atoms with E-state index in [9.17, 15) is 4.39 Å². The smallest absolute Gasteiger partial charge is 0.123 e. The second-order valence-electron chi connectivity index (χ2n) is 3.43. The van der Waals surface area contributed by atoms with Gasteiger partial charge in [-0.3, -0.25) is 5.43 Å². The summed E-state index contributed by atoms with van der Waals surface area (Å²) in [4.78, 5) is 0. The molecule has 0 heterocycles. The molecule has 2 aromatic rings. The maximum atomic E-state index is 12.9. The SMILES string of the molecule is Fc1cccc(/C=N\Nc2ccc(Cl)cc2)c1. The Morgan fingerprint density at radius 3 is 2.59 bits per heavy atom. The largest absolute Gasteiger partial charge is 0.279 e.